The lowest BCUT2D eigenvalue weighted by molar-refractivity contribution is 0.370. The fourth-order valence-corrected chi connectivity index (χ4v) is 3.28. The summed E-state index contributed by atoms with van der Waals surface area (Å²) >= 11 is 0. The Balaban J connectivity index is 1.61. The van der Waals surface area contributed by atoms with Crippen LogP contribution in [0.2, 0.25) is 0 Å². The third-order valence-corrected chi connectivity index (χ3v) is 4.99. The highest BCUT2D eigenvalue weighted by Crippen LogP contribution is 2.30. The number of rotatable bonds is 8. The molecule has 0 atom stereocenters. The van der Waals surface area contributed by atoms with Crippen molar-refractivity contribution in [3.8, 4) is 11.5 Å². The maximum Gasteiger partial charge on any atom is 0.275 e. The smallest absolute Gasteiger partial charge is 0.275 e. The molecule has 0 aliphatic carbocycles. The van der Waals surface area contributed by atoms with Gasteiger partial charge in [0.1, 0.15) is 0 Å². The highest BCUT2D eigenvalue weighted by molar-refractivity contribution is 5.61. The van der Waals surface area contributed by atoms with Gasteiger partial charge in [-0.2, -0.15) is 20.1 Å². The van der Waals surface area contributed by atoms with Crippen molar-refractivity contribution in [1.82, 2.24) is 15.0 Å². The Labute approximate surface area is 197 Å². The molecule has 0 bridgehead atoms. The Morgan fingerprint density at radius 3 is 2.38 bits per heavy atom. The number of phenolic OH excluding ortho intramolecular Hbond substituents is 1. The molecule has 4 aromatic rings. The standard InChI is InChI=1S/C25H25N7O2/c1-16-12-13-20(17(2)14-16)28-24-29-23(27-19-9-5-4-6-10-19)30-25(31-24)32-26-15-18-8-7-11-21(34-3)22(18)33/h4-14,33H,15H2,1-3H3,(H2,27,28,29,30,31). The van der Waals surface area contributed by atoms with Crippen LogP contribution in [0.1, 0.15) is 16.7 Å². The second-order valence-corrected chi connectivity index (χ2v) is 7.58. The number of nitrogens with zero attached hydrogens (tertiary/aromatic N) is 5. The average molecular weight is 456 g/mol. The zero-order chi connectivity index (χ0) is 23.9. The van der Waals surface area contributed by atoms with Crippen LogP contribution in [0.4, 0.5) is 29.2 Å². The Morgan fingerprint density at radius 1 is 0.882 bits per heavy atom. The summed E-state index contributed by atoms with van der Waals surface area (Å²) in [5, 5.41) is 25.0. The van der Waals surface area contributed by atoms with Crippen molar-refractivity contribution in [3.63, 3.8) is 0 Å². The number of nitrogens with one attached hydrogen (secondary N) is 2. The molecule has 4 rings (SSSR count). The molecular formula is C25H25N7O2. The summed E-state index contributed by atoms with van der Waals surface area (Å²) in [5.41, 5.74) is 4.52. The van der Waals surface area contributed by atoms with Gasteiger partial charge in [-0.25, -0.2) is 0 Å². The fraction of sp³-hybridized carbons (Fsp3) is 0.160. The van der Waals surface area contributed by atoms with E-state index in [2.05, 4.69) is 41.9 Å². The van der Waals surface area contributed by atoms with E-state index >= 15 is 0 Å². The topological polar surface area (TPSA) is 117 Å². The number of methoxy groups -OCH3 is 1. The maximum atomic E-state index is 10.3. The molecule has 0 unspecified atom stereocenters. The zero-order valence-corrected chi connectivity index (χ0v) is 19.1. The van der Waals surface area contributed by atoms with Crippen LogP contribution < -0.4 is 15.4 Å². The summed E-state index contributed by atoms with van der Waals surface area (Å²) in [4.78, 5) is 13.3. The molecule has 0 amide bonds. The van der Waals surface area contributed by atoms with Crippen LogP contribution in [-0.4, -0.2) is 27.2 Å². The van der Waals surface area contributed by atoms with Gasteiger partial charge < -0.3 is 20.5 Å². The molecule has 0 saturated heterocycles. The van der Waals surface area contributed by atoms with Gasteiger partial charge in [-0.3, -0.25) is 0 Å². The molecule has 1 aromatic heterocycles. The minimum Gasteiger partial charge on any atom is -0.504 e. The first-order valence-corrected chi connectivity index (χ1v) is 10.7. The number of anilines is 4. The average Bonchev–Trinajstić information content (AvgIpc) is 2.83. The van der Waals surface area contributed by atoms with E-state index < -0.39 is 0 Å². The van der Waals surface area contributed by atoms with Crippen LogP contribution in [-0.2, 0) is 6.54 Å². The highest BCUT2D eigenvalue weighted by Gasteiger charge is 2.10. The van der Waals surface area contributed by atoms with Gasteiger partial charge in [0.2, 0.25) is 11.9 Å². The number of aryl methyl sites for hydroxylation is 2. The van der Waals surface area contributed by atoms with E-state index in [0.29, 0.717) is 23.2 Å². The van der Waals surface area contributed by atoms with Gasteiger partial charge in [0, 0.05) is 16.9 Å². The third-order valence-electron chi connectivity index (χ3n) is 4.99. The van der Waals surface area contributed by atoms with Gasteiger partial charge in [0.15, 0.2) is 11.5 Å². The van der Waals surface area contributed by atoms with E-state index in [1.807, 2.05) is 56.3 Å². The van der Waals surface area contributed by atoms with Crippen LogP contribution in [0.5, 0.6) is 11.5 Å². The number of ether oxygens (including phenoxy) is 1. The molecule has 0 radical (unpaired) electrons. The van der Waals surface area contributed by atoms with Crippen molar-refractivity contribution < 1.29 is 9.84 Å². The Hall–Kier alpha value is -4.53. The molecule has 0 fully saturated rings. The lowest BCUT2D eigenvalue weighted by atomic mass is 10.1. The fourth-order valence-electron chi connectivity index (χ4n) is 3.28. The van der Waals surface area contributed by atoms with E-state index in [1.54, 1.807) is 18.2 Å². The second kappa shape index (κ2) is 10.4. The van der Waals surface area contributed by atoms with Crippen LogP contribution in [0.15, 0.2) is 77.0 Å². The number of aromatic hydroxyl groups is 1. The lowest BCUT2D eigenvalue weighted by Gasteiger charge is -2.11. The third kappa shape index (κ3) is 5.63. The van der Waals surface area contributed by atoms with Gasteiger partial charge in [0.25, 0.3) is 5.95 Å². The van der Waals surface area contributed by atoms with Crippen molar-refractivity contribution in [3.05, 3.63) is 83.4 Å². The summed E-state index contributed by atoms with van der Waals surface area (Å²) in [6, 6.07) is 20.9. The molecular weight excluding hydrogens is 430 g/mol. The Kier molecular flexibility index (Phi) is 6.92. The largest absolute Gasteiger partial charge is 0.504 e. The molecule has 34 heavy (non-hydrogen) atoms. The van der Waals surface area contributed by atoms with Crippen molar-refractivity contribution in [1.29, 1.82) is 0 Å². The first-order chi connectivity index (χ1) is 16.5. The number of para-hydroxylation sites is 2. The number of hydrogen-bond acceptors (Lipinski definition) is 9. The van der Waals surface area contributed by atoms with Crippen LogP contribution >= 0.6 is 0 Å². The highest BCUT2D eigenvalue weighted by atomic mass is 16.5. The normalized spacial score (nSPS) is 10.9. The molecule has 172 valence electrons. The number of aromatic nitrogens is 3. The molecule has 3 N–H and O–H groups in total. The van der Waals surface area contributed by atoms with Gasteiger partial charge in [-0.1, -0.05) is 48.0 Å². The Morgan fingerprint density at radius 2 is 1.65 bits per heavy atom. The lowest BCUT2D eigenvalue weighted by Crippen LogP contribution is -2.04. The predicted molar refractivity (Wildman–Crippen MR) is 132 cm³/mol. The first-order valence-electron chi connectivity index (χ1n) is 10.7. The van der Waals surface area contributed by atoms with Crippen LogP contribution in [0.25, 0.3) is 0 Å². The van der Waals surface area contributed by atoms with E-state index in [1.165, 1.54) is 12.7 Å². The van der Waals surface area contributed by atoms with Crippen molar-refractivity contribution >= 4 is 29.2 Å². The van der Waals surface area contributed by atoms with E-state index in [-0.39, 0.29) is 18.2 Å². The number of azo groups is 1. The monoisotopic (exact) mass is 455 g/mol. The summed E-state index contributed by atoms with van der Waals surface area (Å²) in [5.74, 6) is 1.19. The number of phenols is 1. The summed E-state index contributed by atoms with van der Waals surface area (Å²) in [7, 11) is 1.50. The van der Waals surface area contributed by atoms with Gasteiger partial charge >= 0.3 is 0 Å². The van der Waals surface area contributed by atoms with Gasteiger partial charge in [0.05, 0.1) is 13.7 Å². The quantitative estimate of drug-likeness (QED) is 0.280. The van der Waals surface area contributed by atoms with E-state index in [4.69, 9.17) is 4.74 Å². The van der Waals surface area contributed by atoms with E-state index in [0.717, 1.165) is 16.9 Å². The Bertz CT molecular complexity index is 1310. The number of hydrogen-bond donors (Lipinski definition) is 3. The molecule has 0 spiro atoms. The summed E-state index contributed by atoms with van der Waals surface area (Å²) in [6.45, 7) is 4.19. The molecule has 3 aromatic carbocycles. The molecule has 0 aliphatic rings. The first kappa shape index (κ1) is 22.7. The van der Waals surface area contributed by atoms with E-state index in [9.17, 15) is 5.11 Å². The SMILES string of the molecule is COc1cccc(CN=Nc2nc(Nc3ccccc3)nc(Nc3ccc(C)cc3C)n2)c1O. The van der Waals surface area contributed by atoms with Crippen molar-refractivity contribution in [2.75, 3.05) is 17.7 Å². The molecule has 0 aliphatic heterocycles. The van der Waals surface area contributed by atoms with Crippen molar-refractivity contribution in [2.24, 2.45) is 10.2 Å². The van der Waals surface area contributed by atoms with Gasteiger partial charge in [-0.05, 0) is 43.7 Å². The molecule has 1 heterocycles. The zero-order valence-electron chi connectivity index (χ0n) is 19.1. The predicted octanol–water partition coefficient (Wildman–Crippen LogP) is 5.97. The number of benzene rings is 3. The minimum atomic E-state index is 0.0308. The molecule has 9 nitrogen and oxygen atoms in total. The molecule has 0 saturated carbocycles. The molecule has 9 heteroatoms. The van der Waals surface area contributed by atoms with Crippen LogP contribution in [0.3, 0.4) is 0 Å². The minimum absolute atomic E-state index is 0.0308. The second-order valence-electron chi connectivity index (χ2n) is 7.58. The summed E-state index contributed by atoms with van der Waals surface area (Å²) in [6.07, 6.45) is 0. The van der Waals surface area contributed by atoms with Crippen molar-refractivity contribution in [2.45, 2.75) is 20.4 Å². The summed E-state index contributed by atoms with van der Waals surface area (Å²) < 4.78 is 5.14. The van der Waals surface area contributed by atoms with Crippen LogP contribution in [0, 0.1) is 13.8 Å². The van der Waals surface area contributed by atoms with Gasteiger partial charge in [-0.15, -0.1) is 5.11 Å². The maximum absolute atomic E-state index is 10.3.